The van der Waals surface area contributed by atoms with Gasteiger partial charge in [0.15, 0.2) is 11.6 Å². The number of fused-ring (bicyclic) bond motifs is 2. The fraction of sp³-hybridized carbons (Fsp3) is 0.516. The van der Waals surface area contributed by atoms with E-state index in [-0.39, 0.29) is 23.4 Å². The minimum Gasteiger partial charge on any atom is -0.497 e. The first kappa shape index (κ1) is 27.3. The first-order valence-electron chi connectivity index (χ1n) is 13.9. The summed E-state index contributed by atoms with van der Waals surface area (Å²) in [5.74, 6) is 1.10. The molecular weight excluding hydrogens is 492 g/mol. The second-order valence-corrected chi connectivity index (χ2v) is 12.2. The smallest absolute Gasteiger partial charge is 0.351 e. The van der Waals surface area contributed by atoms with Crippen molar-refractivity contribution in [1.29, 1.82) is 0 Å². The van der Waals surface area contributed by atoms with E-state index < -0.39 is 0 Å². The molecule has 3 heterocycles. The lowest BCUT2D eigenvalue weighted by molar-refractivity contribution is -0.121. The lowest BCUT2D eigenvalue weighted by Gasteiger charge is -2.39. The number of rotatable bonds is 9. The molecule has 2 saturated heterocycles. The SMILES string of the molecule is COc1cccc(-c2nn(-c3ccc(CC(C)N4C5CCC4COC5)cc3)c(=O)n2CC(=O)CC(C)(C)C)c1. The highest BCUT2D eigenvalue weighted by molar-refractivity contribution is 5.79. The van der Waals surface area contributed by atoms with Crippen LogP contribution in [-0.2, 0) is 22.5 Å². The van der Waals surface area contributed by atoms with Crippen molar-refractivity contribution in [2.75, 3.05) is 20.3 Å². The summed E-state index contributed by atoms with van der Waals surface area (Å²) in [5, 5.41) is 4.70. The van der Waals surface area contributed by atoms with E-state index in [9.17, 15) is 9.59 Å². The Morgan fingerprint density at radius 1 is 1.10 bits per heavy atom. The lowest BCUT2D eigenvalue weighted by Crippen LogP contribution is -2.50. The molecule has 2 aliphatic rings. The van der Waals surface area contributed by atoms with Gasteiger partial charge in [0.2, 0.25) is 0 Å². The Hall–Kier alpha value is -3.23. The summed E-state index contributed by atoms with van der Waals surface area (Å²) in [6.45, 7) is 10.00. The Kier molecular flexibility index (Phi) is 7.78. The van der Waals surface area contributed by atoms with Crippen LogP contribution in [0.3, 0.4) is 0 Å². The zero-order valence-corrected chi connectivity index (χ0v) is 23.7. The van der Waals surface area contributed by atoms with Gasteiger partial charge in [0, 0.05) is 30.1 Å². The summed E-state index contributed by atoms with van der Waals surface area (Å²) < 4.78 is 14.0. The molecule has 2 aliphatic heterocycles. The van der Waals surface area contributed by atoms with Gasteiger partial charge in [0.25, 0.3) is 0 Å². The number of nitrogens with zero attached hydrogens (tertiary/aromatic N) is 4. The van der Waals surface area contributed by atoms with Gasteiger partial charge in [-0.3, -0.25) is 14.3 Å². The number of carbonyl (C=O) groups excluding carboxylic acids is 1. The number of methoxy groups -OCH3 is 1. The molecule has 39 heavy (non-hydrogen) atoms. The Balaban J connectivity index is 1.42. The highest BCUT2D eigenvalue weighted by Crippen LogP contribution is 2.32. The summed E-state index contributed by atoms with van der Waals surface area (Å²) in [7, 11) is 1.60. The zero-order valence-electron chi connectivity index (χ0n) is 23.7. The number of ether oxygens (including phenoxy) is 2. The summed E-state index contributed by atoms with van der Waals surface area (Å²) in [6, 6.07) is 16.9. The fourth-order valence-electron chi connectivity index (χ4n) is 6.11. The van der Waals surface area contributed by atoms with Crippen LogP contribution in [0, 0.1) is 5.41 Å². The number of hydrogen-bond donors (Lipinski definition) is 0. The van der Waals surface area contributed by atoms with Gasteiger partial charge in [-0.2, -0.15) is 4.68 Å². The number of ketones is 1. The number of benzene rings is 2. The molecule has 5 rings (SSSR count). The minimum atomic E-state index is -0.332. The van der Waals surface area contributed by atoms with Crippen LogP contribution in [0.25, 0.3) is 17.1 Å². The van der Waals surface area contributed by atoms with E-state index >= 15 is 0 Å². The Bertz CT molecular complexity index is 1350. The maximum Gasteiger partial charge on any atom is 0.351 e. The average Bonchev–Trinajstić information content (AvgIpc) is 3.35. The van der Waals surface area contributed by atoms with E-state index in [1.807, 2.05) is 57.2 Å². The predicted octanol–water partition coefficient (Wildman–Crippen LogP) is 4.51. The molecule has 8 nitrogen and oxygen atoms in total. The first-order chi connectivity index (χ1) is 18.6. The van der Waals surface area contributed by atoms with Crippen molar-refractivity contribution >= 4 is 5.78 Å². The largest absolute Gasteiger partial charge is 0.497 e. The molecule has 2 aromatic carbocycles. The molecule has 0 N–H and O–H groups in total. The second kappa shape index (κ2) is 11.1. The van der Waals surface area contributed by atoms with Gasteiger partial charge in [-0.1, -0.05) is 45.0 Å². The summed E-state index contributed by atoms with van der Waals surface area (Å²) in [6.07, 6.45) is 3.74. The maximum atomic E-state index is 13.6. The van der Waals surface area contributed by atoms with Crippen molar-refractivity contribution in [2.45, 2.75) is 78.0 Å². The van der Waals surface area contributed by atoms with Gasteiger partial charge >= 0.3 is 5.69 Å². The molecule has 1 aromatic heterocycles. The molecule has 3 atom stereocenters. The van der Waals surface area contributed by atoms with E-state index in [0.29, 0.717) is 41.8 Å². The minimum absolute atomic E-state index is 0.00490. The third-order valence-electron chi connectivity index (χ3n) is 7.77. The molecule has 8 heteroatoms. The van der Waals surface area contributed by atoms with Crippen LogP contribution in [-0.4, -0.2) is 63.5 Å². The highest BCUT2D eigenvalue weighted by Gasteiger charge is 2.39. The van der Waals surface area contributed by atoms with Crippen LogP contribution in [0.5, 0.6) is 5.75 Å². The Morgan fingerprint density at radius 2 is 1.79 bits per heavy atom. The summed E-state index contributed by atoms with van der Waals surface area (Å²) >= 11 is 0. The maximum absolute atomic E-state index is 13.6. The van der Waals surface area contributed by atoms with Gasteiger partial charge < -0.3 is 9.47 Å². The standard InChI is InChI=1S/C31H40N4O4/c1-21(34-25-13-14-26(34)20-39-19-25)15-22-9-11-24(12-10-22)35-30(37)33(18-27(36)17-31(2,3)4)29(32-35)23-7-6-8-28(16-23)38-5/h6-12,16,21,25-26H,13-15,17-20H2,1-5H3. The molecule has 2 bridgehead atoms. The van der Waals surface area contributed by atoms with E-state index in [1.165, 1.54) is 27.7 Å². The second-order valence-electron chi connectivity index (χ2n) is 12.2. The number of aromatic nitrogens is 3. The van der Waals surface area contributed by atoms with Gasteiger partial charge in [-0.15, -0.1) is 5.10 Å². The molecule has 0 radical (unpaired) electrons. The topological polar surface area (TPSA) is 78.6 Å². The van der Waals surface area contributed by atoms with Crippen LogP contribution in [0.1, 0.15) is 52.5 Å². The molecule has 3 aromatic rings. The van der Waals surface area contributed by atoms with Crippen molar-refractivity contribution in [1.82, 2.24) is 19.2 Å². The third-order valence-corrected chi connectivity index (χ3v) is 7.77. The predicted molar refractivity (Wildman–Crippen MR) is 152 cm³/mol. The normalized spacial score (nSPS) is 20.2. The number of morpholine rings is 1. The van der Waals surface area contributed by atoms with E-state index in [1.54, 1.807) is 7.11 Å². The lowest BCUT2D eigenvalue weighted by atomic mass is 9.90. The molecule has 2 fully saturated rings. The van der Waals surface area contributed by atoms with Crippen LogP contribution in [0.4, 0.5) is 0 Å². The molecule has 208 valence electrons. The first-order valence-corrected chi connectivity index (χ1v) is 13.9. The van der Waals surface area contributed by atoms with Crippen LogP contribution < -0.4 is 10.4 Å². The van der Waals surface area contributed by atoms with E-state index in [4.69, 9.17) is 14.6 Å². The van der Waals surface area contributed by atoms with Crippen LogP contribution >= 0.6 is 0 Å². The number of hydrogen-bond acceptors (Lipinski definition) is 6. The van der Waals surface area contributed by atoms with Crippen LogP contribution in [0.15, 0.2) is 53.3 Å². The Labute approximate surface area is 230 Å². The molecule has 3 unspecified atom stereocenters. The van der Waals surface area contributed by atoms with E-state index in [2.05, 4.69) is 24.0 Å². The van der Waals surface area contributed by atoms with Gasteiger partial charge in [-0.25, -0.2) is 4.79 Å². The van der Waals surface area contributed by atoms with E-state index in [0.717, 1.165) is 25.2 Å². The van der Waals surface area contributed by atoms with Crippen molar-refractivity contribution in [3.63, 3.8) is 0 Å². The number of Topliss-reactive ketones (excluding diaryl/α,β-unsaturated/α-hetero) is 1. The van der Waals surface area contributed by atoms with Gasteiger partial charge in [-0.05, 0) is 61.4 Å². The molecule has 0 amide bonds. The third kappa shape index (κ3) is 6.02. The Morgan fingerprint density at radius 3 is 2.44 bits per heavy atom. The summed E-state index contributed by atoms with van der Waals surface area (Å²) in [4.78, 5) is 29.2. The molecule has 0 aliphatic carbocycles. The van der Waals surface area contributed by atoms with Crippen molar-refractivity contribution in [3.05, 3.63) is 64.6 Å². The fourth-order valence-corrected chi connectivity index (χ4v) is 6.11. The monoisotopic (exact) mass is 532 g/mol. The van der Waals surface area contributed by atoms with Crippen LogP contribution in [0.2, 0.25) is 0 Å². The summed E-state index contributed by atoms with van der Waals surface area (Å²) in [5.41, 5.74) is 2.12. The van der Waals surface area contributed by atoms with Crippen molar-refractivity contribution in [2.24, 2.45) is 5.41 Å². The molecular formula is C31H40N4O4. The molecule has 0 spiro atoms. The zero-order chi connectivity index (χ0) is 27.7. The highest BCUT2D eigenvalue weighted by atomic mass is 16.5. The van der Waals surface area contributed by atoms with Crippen molar-refractivity contribution in [3.8, 4) is 22.8 Å². The molecule has 0 saturated carbocycles. The number of carbonyl (C=O) groups is 1. The van der Waals surface area contributed by atoms with Gasteiger partial charge in [0.1, 0.15) is 5.75 Å². The van der Waals surface area contributed by atoms with Crippen molar-refractivity contribution < 1.29 is 14.3 Å². The quantitative estimate of drug-likeness (QED) is 0.404. The average molecular weight is 533 g/mol. The van der Waals surface area contributed by atoms with Gasteiger partial charge in [0.05, 0.1) is 32.6 Å².